The first kappa shape index (κ1) is 50.7. The summed E-state index contributed by atoms with van der Waals surface area (Å²) in [6.07, 6.45) is 0.839. The lowest BCUT2D eigenvalue weighted by Gasteiger charge is -2.35. The Bertz CT molecular complexity index is 1770. The Balaban J connectivity index is 0.000000268. The number of amides is 3. The number of benzene rings is 2. The second kappa shape index (κ2) is 24.7. The Kier molecular flexibility index (Phi) is 20.5. The predicted molar refractivity (Wildman–Crippen MR) is 232 cm³/mol. The molecule has 2 fully saturated rings. The third-order valence-electron chi connectivity index (χ3n) is 9.24. The molecule has 2 aliphatic rings. The first-order chi connectivity index (χ1) is 28.9. The van der Waals surface area contributed by atoms with Crippen LogP contribution in [0.1, 0.15) is 94.9 Å². The standard InChI is InChI=1S/C19H26N4O3.C18H28N4O3.C7H16O3/c1-14-5-6-15(16(11-14)17-21-20-13-25-17)12-22-7-9-23(10-8-22)18(24)26-19(2,3)4;1-13-5-6-14(15(11-13)16(23)20-19)12-21-7-9-22(10-8-21)17(24)25-18(2,3)4;1-4-8-7(9-5-2)10-6-3/h5-6,11,13H,7-10,12H2,1-4H3;5-6,11H,7-10,12,19H2,1-4H3,(H,20,23);7H,4-6H2,1-3H3. The molecule has 2 saturated heterocycles. The van der Waals surface area contributed by atoms with Crippen molar-refractivity contribution in [3.05, 3.63) is 70.6 Å². The van der Waals surface area contributed by atoms with Gasteiger partial charge < -0.3 is 37.9 Å². The molecular formula is C44H70N8O9. The number of carbonyl (C=O) groups is 3. The van der Waals surface area contributed by atoms with E-state index >= 15 is 0 Å². The van der Waals surface area contributed by atoms with Gasteiger partial charge in [0.25, 0.3) is 12.4 Å². The SMILES string of the molecule is CCOC(OCC)OCC.Cc1ccc(CN2CCN(C(=O)OC(C)(C)C)CC2)c(-c2nnco2)c1.Cc1ccc(CN2CCN(C(=O)OC(C)(C)C)CC2)c(C(=O)NN)c1. The summed E-state index contributed by atoms with van der Waals surface area (Å²) < 4.78 is 31.5. The highest BCUT2D eigenvalue weighted by Gasteiger charge is 2.28. The molecule has 340 valence electrons. The van der Waals surface area contributed by atoms with Crippen LogP contribution in [-0.4, -0.2) is 138 Å². The average Bonchev–Trinajstić information content (AvgIpc) is 3.74. The van der Waals surface area contributed by atoms with Crippen LogP contribution in [0, 0.1) is 13.8 Å². The smallest absolute Gasteiger partial charge is 0.410 e. The van der Waals surface area contributed by atoms with E-state index in [-0.39, 0.29) is 18.1 Å². The monoisotopic (exact) mass is 855 g/mol. The predicted octanol–water partition coefficient (Wildman–Crippen LogP) is 6.13. The number of rotatable bonds is 12. The molecule has 0 bridgehead atoms. The van der Waals surface area contributed by atoms with Gasteiger partial charge in [0.05, 0.1) is 0 Å². The van der Waals surface area contributed by atoms with E-state index in [0.717, 1.165) is 60.5 Å². The summed E-state index contributed by atoms with van der Waals surface area (Å²) in [6.45, 7) is 29.4. The molecule has 0 spiro atoms. The quantitative estimate of drug-likeness (QED) is 0.0917. The molecule has 3 aromatic rings. The number of aromatic nitrogens is 2. The number of nitrogens with one attached hydrogen (secondary N) is 1. The lowest BCUT2D eigenvalue weighted by molar-refractivity contribution is -0.282. The fourth-order valence-electron chi connectivity index (χ4n) is 6.30. The van der Waals surface area contributed by atoms with Crippen LogP contribution >= 0.6 is 0 Å². The summed E-state index contributed by atoms with van der Waals surface area (Å²) in [6, 6.07) is 12.1. The number of nitrogens with zero attached hydrogens (tertiary/aromatic N) is 6. The minimum absolute atomic E-state index is 0.237. The van der Waals surface area contributed by atoms with Crippen molar-refractivity contribution in [3.8, 4) is 11.5 Å². The third kappa shape index (κ3) is 18.1. The van der Waals surface area contributed by atoms with E-state index in [1.165, 1.54) is 6.39 Å². The number of aryl methyl sites for hydroxylation is 2. The van der Waals surface area contributed by atoms with Crippen molar-refractivity contribution in [1.29, 1.82) is 0 Å². The highest BCUT2D eigenvalue weighted by molar-refractivity contribution is 5.95. The van der Waals surface area contributed by atoms with Gasteiger partial charge >= 0.3 is 12.2 Å². The Morgan fingerprint density at radius 3 is 1.56 bits per heavy atom. The van der Waals surface area contributed by atoms with Gasteiger partial charge in [0.2, 0.25) is 12.3 Å². The normalized spacial score (nSPS) is 15.0. The molecule has 0 atom stereocenters. The number of hydrogen-bond acceptors (Lipinski definition) is 14. The Morgan fingerprint density at radius 1 is 0.705 bits per heavy atom. The van der Waals surface area contributed by atoms with E-state index < -0.39 is 17.7 Å². The number of ether oxygens (including phenoxy) is 5. The molecule has 1 aromatic heterocycles. The zero-order valence-electron chi connectivity index (χ0n) is 38.2. The van der Waals surface area contributed by atoms with E-state index in [4.69, 9.17) is 33.9 Å². The van der Waals surface area contributed by atoms with Crippen LogP contribution in [0.25, 0.3) is 11.5 Å². The number of hydrogen-bond donors (Lipinski definition) is 2. The van der Waals surface area contributed by atoms with E-state index in [0.29, 0.717) is 64.0 Å². The zero-order chi connectivity index (χ0) is 45.2. The Morgan fingerprint density at radius 2 is 1.15 bits per heavy atom. The highest BCUT2D eigenvalue weighted by Crippen LogP contribution is 2.25. The lowest BCUT2D eigenvalue weighted by Crippen LogP contribution is -2.49. The molecular weight excluding hydrogens is 785 g/mol. The fourth-order valence-corrected chi connectivity index (χ4v) is 6.30. The first-order valence-corrected chi connectivity index (χ1v) is 21.1. The highest BCUT2D eigenvalue weighted by atomic mass is 16.8. The summed E-state index contributed by atoms with van der Waals surface area (Å²) in [7, 11) is 0. The maximum absolute atomic E-state index is 12.2. The van der Waals surface area contributed by atoms with Crippen molar-refractivity contribution in [2.45, 2.75) is 107 Å². The van der Waals surface area contributed by atoms with Crippen LogP contribution in [0.3, 0.4) is 0 Å². The van der Waals surface area contributed by atoms with Crippen LogP contribution in [0.2, 0.25) is 0 Å². The molecule has 0 radical (unpaired) electrons. The van der Waals surface area contributed by atoms with E-state index in [2.05, 4.69) is 43.6 Å². The van der Waals surface area contributed by atoms with Gasteiger partial charge in [-0.1, -0.05) is 35.4 Å². The zero-order valence-corrected chi connectivity index (χ0v) is 38.2. The largest absolute Gasteiger partial charge is 0.444 e. The number of nitrogens with two attached hydrogens (primary N) is 1. The minimum Gasteiger partial charge on any atom is -0.444 e. The average molecular weight is 855 g/mol. The molecule has 0 saturated carbocycles. The Hall–Kier alpha value is -4.65. The molecule has 3 heterocycles. The van der Waals surface area contributed by atoms with Crippen LogP contribution in [0.15, 0.2) is 47.2 Å². The molecule has 2 aromatic carbocycles. The van der Waals surface area contributed by atoms with Crippen LogP contribution in [0.5, 0.6) is 0 Å². The molecule has 61 heavy (non-hydrogen) atoms. The molecule has 5 rings (SSSR count). The minimum atomic E-state index is -0.486. The number of hydrazine groups is 1. The van der Waals surface area contributed by atoms with E-state index in [1.54, 1.807) is 9.80 Å². The van der Waals surface area contributed by atoms with Crippen LogP contribution < -0.4 is 11.3 Å². The molecule has 3 amide bonds. The maximum atomic E-state index is 12.2. The second-order valence-electron chi connectivity index (χ2n) is 16.7. The van der Waals surface area contributed by atoms with Gasteiger partial charge in [0, 0.05) is 96.4 Å². The van der Waals surface area contributed by atoms with Gasteiger partial charge in [-0.2, -0.15) is 0 Å². The lowest BCUT2D eigenvalue weighted by atomic mass is 10.0. The Labute approximate surface area is 362 Å². The number of piperazine rings is 2. The van der Waals surface area contributed by atoms with Gasteiger partial charge in [0.1, 0.15) is 11.2 Å². The van der Waals surface area contributed by atoms with Crippen molar-refractivity contribution in [2.75, 3.05) is 72.2 Å². The summed E-state index contributed by atoms with van der Waals surface area (Å²) >= 11 is 0. The number of carbonyl (C=O) groups excluding carboxylic acids is 3. The third-order valence-corrected chi connectivity index (χ3v) is 9.24. The maximum Gasteiger partial charge on any atom is 0.410 e. The van der Waals surface area contributed by atoms with Gasteiger partial charge in [0.15, 0.2) is 0 Å². The molecule has 3 N–H and O–H groups in total. The number of nitrogen functional groups attached to an aromatic ring is 1. The molecule has 0 aliphatic carbocycles. The van der Waals surface area contributed by atoms with Gasteiger partial charge in [-0.25, -0.2) is 15.4 Å². The van der Waals surface area contributed by atoms with E-state index in [9.17, 15) is 14.4 Å². The van der Waals surface area contributed by atoms with E-state index in [1.807, 2.05) is 94.4 Å². The topological polar surface area (TPSA) is 187 Å². The van der Waals surface area contributed by atoms with Crippen molar-refractivity contribution < 1.29 is 42.5 Å². The van der Waals surface area contributed by atoms with Gasteiger partial charge in [-0.15, -0.1) is 10.2 Å². The summed E-state index contributed by atoms with van der Waals surface area (Å²) in [5.41, 5.74) is 7.05. The molecule has 17 nitrogen and oxygen atoms in total. The first-order valence-electron chi connectivity index (χ1n) is 21.1. The van der Waals surface area contributed by atoms with Crippen molar-refractivity contribution >= 4 is 18.1 Å². The molecule has 2 aliphatic heterocycles. The summed E-state index contributed by atoms with van der Waals surface area (Å²) in [4.78, 5) is 44.3. The van der Waals surface area contributed by atoms with Crippen LogP contribution in [-0.2, 0) is 36.8 Å². The fraction of sp³-hybridized carbons (Fsp3) is 0.614. The van der Waals surface area contributed by atoms with Crippen molar-refractivity contribution in [1.82, 2.24) is 35.2 Å². The van der Waals surface area contributed by atoms with Crippen molar-refractivity contribution in [3.63, 3.8) is 0 Å². The summed E-state index contributed by atoms with van der Waals surface area (Å²) in [5, 5.41) is 7.83. The van der Waals surface area contributed by atoms with Crippen LogP contribution in [0.4, 0.5) is 9.59 Å². The second-order valence-corrected chi connectivity index (χ2v) is 16.7. The van der Waals surface area contributed by atoms with Gasteiger partial charge in [-0.05, 0) is 99.4 Å². The molecule has 17 heteroatoms. The molecule has 0 unspecified atom stereocenters. The van der Waals surface area contributed by atoms with Gasteiger partial charge in [-0.3, -0.25) is 20.0 Å². The van der Waals surface area contributed by atoms with Crippen molar-refractivity contribution in [2.24, 2.45) is 5.84 Å². The summed E-state index contributed by atoms with van der Waals surface area (Å²) in [5.74, 6) is 5.54.